The van der Waals surface area contributed by atoms with Gasteiger partial charge in [0.15, 0.2) is 0 Å². The molecule has 0 spiro atoms. The summed E-state index contributed by atoms with van der Waals surface area (Å²) in [6.45, 7) is 0. The summed E-state index contributed by atoms with van der Waals surface area (Å²) < 4.78 is 12.9. The van der Waals surface area contributed by atoms with Gasteiger partial charge in [-0.05, 0) is 30.3 Å². The number of halogens is 3. The third kappa shape index (κ3) is 3.81. The topological polar surface area (TPSA) is 54.0 Å². The zero-order chi connectivity index (χ0) is 13.8. The van der Waals surface area contributed by atoms with E-state index in [0.29, 0.717) is 11.4 Å². The van der Waals surface area contributed by atoms with E-state index >= 15 is 0 Å². The molecule has 1 aromatic carbocycles. The Morgan fingerprint density at radius 1 is 1.11 bits per heavy atom. The number of amides is 2. The smallest absolute Gasteiger partial charge is 0.308 e. The molecule has 0 aliphatic heterocycles. The molecule has 0 radical (unpaired) electrons. The first kappa shape index (κ1) is 13.6. The lowest BCUT2D eigenvalue weighted by Gasteiger charge is -2.08. The zero-order valence-corrected chi connectivity index (χ0v) is 11.0. The molecule has 4 nitrogen and oxygen atoms in total. The fraction of sp³-hybridized carbons (Fsp3) is 0. The molecule has 98 valence electrons. The van der Waals surface area contributed by atoms with Gasteiger partial charge in [-0.3, -0.25) is 0 Å². The fourth-order valence-corrected chi connectivity index (χ4v) is 1.70. The number of hydrogen-bond donors (Lipinski definition) is 2. The highest BCUT2D eigenvalue weighted by Gasteiger charge is 2.05. The predicted molar refractivity (Wildman–Crippen MR) is 73.3 cm³/mol. The van der Waals surface area contributed by atoms with Gasteiger partial charge in [0.2, 0.25) is 0 Å². The molecule has 0 saturated carbocycles. The molecule has 0 aliphatic carbocycles. The van der Waals surface area contributed by atoms with Gasteiger partial charge in [-0.25, -0.2) is 14.2 Å². The number of urea groups is 1. The van der Waals surface area contributed by atoms with Crippen molar-refractivity contribution in [3.8, 4) is 0 Å². The number of aromatic nitrogens is 1. The van der Waals surface area contributed by atoms with Crippen molar-refractivity contribution in [2.24, 2.45) is 0 Å². The number of hydrogen-bond acceptors (Lipinski definition) is 2. The molecular weight excluding hydrogens is 292 g/mol. The van der Waals surface area contributed by atoms with Crippen LogP contribution in [0.1, 0.15) is 0 Å². The monoisotopic (exact) mass is 299 g/mol. The molecule has 7 heteroatoms. The minimum atomic E-state index is -0.548. The predicted octanol–water partition coefficient (Wildman–Crippen LogP) is 4.17. The lowest BCUT2D eigenvalue weighted by molar-refractivity contribution is 0.262. The summed E-state index contributed by atoms with van der Waals surface area (Å²) in [7, 11) is 0. The van der Waals surface area contributed by atoms with Crippen molar-refractivity contribution in [2.45, 2.75) is 0 Å². The van der Waals surface area contributed by atoms with Gasteiger partial charge in [0.05, 0.1) is 5.02 Å². The van der Waals surface area contributed by atoms with E-state index in [1.54, 1.807) is 6.07 Å². The molecule has 0 saturated heterocycles. The molecule has 19 heavy (non-hydrogen) atoms. The summed E-state index contributed by atoms with van der Waals surface area (Å²) >= 11 is 11.3. The van der Waals surface area contributed by atoms with Crippen LogP contribution in [-0.2, 0) is 0 Å². The quantitative estimate of drug-likeness (QED) is 0.818. The maximum atomic E-state index is 12.9. The van der Waals surface area contributed by atoms with E-state index in [-0.39, 0.29) is 10.2 Å². The van der Waals surface area contributed by atoms with Crippen molar-refractivity contribution in [1.29, 1.82) is 0 Å². The summed E-state index contributed by atoms with van der Waals surface area (Å²) in [6.07, 6.45) is 1.46. The number of nitrogens with one attached hydrogen (secondary N) is 2. The molecule has 2 aromatic rings. The van der Waals surface area contributed by atoms with Gasteiger partial charge in [-0.2, -0.15) is 0 Å². The van der Waals surface area contributed by atoms with Crippen LogP contribution < -0.4 is 10.6 Å². The summed E-state index contributed by atoms with van der Waals surface area (Å²) in [5.74, 6) is -0.548. The number of pyridine rings is 1. The minimum Gasteiger partial charge on any atom is -0.308 e. The number of rotatable bonds is 2. The van der Waals surface area contributed by atoms with E-state index < -0.39 is 11.8 Å². The first-order valence-corrected chi connectivity index (χ1v) is 5.95. The lowest BCUT2D eigenvalue weighted by atomic mass is 10.3. The second kappa shape index (κ2) is 5.86. The molecule has 1 heterocycles. The third-order valence-electron chi connectivity index (χ3n) is 2.16. The summed E-state index contributed by atoms with van der Waals surface area (Å²) in [5.41, 5.74) is 0.870. The van der Waals surface area contributed by atoms with Crippen LogP contribution in [0.4, 0.5) is 20.6 Å². The number of nitrogens with zero attached hydrogens (tertiary/aromatic N) is 1. The van der Waals surface area contributed by atoms with Crippen LogP contribution in [0.2, 0.25) is 10.2 Å². The molecule has 0 fully saturated rings. The average molecular weight is 300 g/mol. The average Bonchev–Trinajstić information content (AvgIpc) is 2.34. The normalized spacial score (nSPS) is 10.1. The van der Waals surface area contributed by atoms with Gasteiger partial charge in [0.25, 0.3) is 0 Å². The highest BCUT2D eigenvalue weighted by Crippen LogP contribution is 2.19. The Kier molecular flexibility index (Phi) is 4.19. The van der Waals surface area contributed by atoms with Gasteiger partial charge < -0.3 is 10.6 Å². The van der Waals surface area contributed by atoms with Crippen molar-refractivity contribution in [1.82, 2.24) is 4.98 Å². The van der Waals surface area contributed by atoms with E-state index in [0.717, 1.165) is 0 Å². The Morgan fingerprint density at radius 3 is 2.42 bits per heavy atom. The minimum absolute atomic E-state index is 0.0650. The summed E-state index contributed by atoms with van der Waals surface area (Å²) in [4.78, 5) is 15.5. The molecular formula is C12H8Cl2FN3O. The van der Waals surface area contributed by atoms with Crippen LogP contribution in [0.3, 0.4) is 0 Å². The van der Waals surface area contributed by atoms with Crippen LogP contribution in [-0.4, -0.2) is 11.0 Å². The fourth-order valence-electron chi connectivity index (χ4n) is 1.35. The first-order chi connectivity index (χ1) is 9.04. The Labute approximate surface area is 118 Å². The molecule has 2 amide bonds. The van der Waals surface area contributed by atoms with E-state index in [2.05, 4.69) is 15.6 Å². The maximum absolute atomic E-state index is 12.9. The molecule has 0 bridgehead atoms. The van der Waals surface area contributed by atoms with Crippen LogP contribution in [0.5, 0.6) is 0 Å². The van der Waals surface area contributed by atoms with Crippen molar-refractivity contribution in [3.63, 3.8) is 0 Å². The standard InChI is InChI=1S/C12H8Cl2FN3O/c13-9-5-7(1-2-10(9)15)17-12(19)18-8-3-4-16-11(14)6-8/h1-6H,(H2,16,17,18,19). The lowest BCUT2D eigenvalue weighted by Crippen LogP contribution is -2.19. The number of benzene rings is 1. The van der Waals surface area contributed by atoms with Crippen LogP contribution >= 0.6 is 23.2 Å². The Balaban J connectivity index is 2.03. The first-order valence-electron chi connectivity index (χ1n) is 5.19. The van der Waals surface area contributed by atoms with Crippen LogP contribution in [0.15, 0.2) is 36.5 Å². The van der Waals surface area contributed by atoms with Gasteiger partial charge >= 0.3 is 6.03 Å². The van der Waals surface area contributed by atoms with Crippen molar-refractivity contribution >= 4 is 40.6 Å². The SMILES string of the molecule is O=C(Nc1ccnc(Cl)c1)Nc1ccc(F)c(Cl)c1. The van der Waals surface area contributed by atoms with Gasteiger partial charge in [-0.1, -0.05) is 23.2 Å². The second-order valence-corrected chi connectivity index (χ2v) is 4.37. The molecule has 1 aromatic heterocycles. The Morgan fingerprint density at radius 2 is 1.79 bits per heavy atom. The van der Waals surface area contributed by atoms with Crippen molar-refractivity contribution in [3.05, 3.63) is 52.5 Å². The van der Waals surface area contributed by atoms with E-state index in [1.807, 2.05) is 0 Å². The van der Waals surface area contributed by atoms with E-state index in [4.69, 9.17) is 23.2 Å². The maximum Gasteiger partial charge on any atom is 0.323 e. The summed E-state index contributed by atoms with van der Waals surface area (Å²) in [6, 6.07) is 6.48. The van der Waals surface area contributed by atoms with E-state index in [9.17, 15) is 9.18 Å². The van der Waals surface area contributed by atoms with Crippen molar-refractivity contribution in [2.75, 3.05) is 10.6 Å². The van der Waals surface area contributed by atoms with Gasteiger partial charge in [-0.15, -0.1) is 0 Å². The second-order valence-electron chi connectivity index (χ2n) is 3.58. The highest BCUT2D eigenvalue weighted by molar-refractivity contribution is 6.31. The molecule has 2 rings (SSSR count). The zero-order valence-electron chi connectivity index (χ0n) is 9.45. The van der Waals surface area contributed by atoms with E-state index in [1.165, 1.54) is 30.5 Å². The highest BCUT2D eigenvalue weighted by atomic mass is 35.5. The van der Waals surface area contributed by atoms with Gasteiger partial charge in [0.1, 0.15) is 11.0 Å². The van der Waals surface area contributed by atoms with Crippen LogP contribution in [0, 0.1) is 5.82 Å². The number of carbonyl (C=O) groups excluding carboxylic acids is 1. The summed E-state index contributed by atoms with van der Waals surface area (Å²) in [5, 5.41) is 5.27. The molecule has 0 aliphatic rings. The van der Waals surface area contributed by atoms with Gasteiger partial charge in [0, 0.05) is 17.6 Å². The Hall–Kier alpha value is -1.85. The van der Waals surface area contributed by atoms with Crippen molar-refractivity contribution < 1.29 is 9.18 Å². The number of anilines is 2. The molecule has 0 atom stereocenters. The third-order valence-corrected chi connectivity index (χ3v) is 2.66. The Bertz CT molecular complexity index is 622. The van der Waals surface area contributed by atoms with Crippen LogP contribution in [0.25, 0.3) is 0 Å². The number of carbonyl (C=O) groups is 1. The molecule has 2 N–H and O–H groups in total. The molecule has 0 unspecified atom stereocenters. The largest absolute Gasteiger partial charge is 0.323 e.